The number of carbonyl (C=O) groups excluding carboxylic acids is 1. The maximum absolute atomic E-state index is 12.4. The van der Waals surface area contributed by atoms with Gasteiger partial charge in [-0.05, 0) is 30.1 Å². The van der Waals surface area contributed by atoms with E-state index in [9.17, 15) is 14.7 Å². The van der Waals surface area contributed by atoms with Crippen LogP contribution in [0.15, 0.2) is 0 Å². The molecular formula is C14H21NO3. The van der Waals surface area contributed by atoms with Crippen molar-refractivity contribution in [3.8, 4) is 0 Å². The average Bonchev–Trinajstić information content (AvgIpc) is 3.15. The Balaban J connectivity index is 1.77. The Morgan fingerprint density at radius 2 is 1.94 bits per heavy atom. The van der Waals surface area contributed by atoms with Gasteiger partial charge in [-0.1, -0.05) is 20.8 Å². The molecule has 100 valence electrons. The van der Waals surface area contributed by atoms with Crippen molar-refractivity contribution < 1.29 is 14.7 Å². The lowest BCUT2D eigenvalue weighted by atomic mass is 9.98. The number of carboxylic acids is 1. The summed E-state index contributed by atoms with van der Waals surface area (Å²) in [6.45, 7) is 6.83. The SMILES string of the molecule is C[C@H](C(=O)N1C[C@H]2[C@@H]([C@H]1C(=O)O)C2(C)C)C1CC1. The van der Waals surface area contributed by atoms with E-state index in [1.54, 1.807) is 4.90 Å². The molecular weight excluding hydrogens is 230 g/mol. The van der Waals surface area contributed by atoms with Gasteiger partial charge in [0.1, 0.15) is 6.04 Å². The zero-order chi connectivity index (χ0) is 13.2. The number of carboxylic acid groups (broad SMARTS) is 1. The van der Waals surface area contributed by atoms with E-state index in [0.717, 1.165) is 12.8 Å². The summed E-state index contributed by atoms with van der Waals surface area (Å²) in [5, 5.41) is 9.40. The molecule has 1 amide bonds. The second-order valence-electron chi connectivity index (χ2n) is 6.85. The van der Waals surface area contributed by atoms with Crippen molar-refractivity contribution in [3.63, 3.8) is 0 Å². The Morgan fingerprint density at radius 1 is 1.33 bits per heavy atom. The van der Waals surface area contributed by atoms with E-state index in [1.165, 1.54) is 0 Å². The van der Waals surface area contributed by atoms with Gasteiger partial charge in [0.15, 0.2) is 0 Å². The lowest BCUT2D eigenvalue weighted by molar-refractivity contribution is -0.152. The number of likely N-dealkylation sites (tertiary alicyclic amines) is 1. The predicted octanol–water partition coefficient (Wildman–Crippen LogP) is 1.60. The molecule has 3 fully saturated rings. The summed E-state index contributed by atoms with van der Waals surface area (Å²) in [5.41, 5.74) is 0.0999. The van der Waals surface area contributed by atoms with Crippen LogP contribution in [-0.2, 0) is 9.59 Å². The lowest BCUT2D eigenvalue weighted by Gasteiger charge is -2.30. The molecule has 0 aromatic rings. The maximum atomic E-state index is 12.4. The highest BCUT2D eigenvalue weighted by Crippen LogP contribution is 2.65. The molecule has 0 radical (unpaired) electrons. The molecule has 2 saturated carbocycles. The topological polar surface area (TPSA) is 57.6 Å². The maximum Gasteiger partial charge on any atom is 0.326 e. The number of aliphatic carboxylic acids is 1. The highest BCUT2D eigenvalue weighted by molar-refractivity contribution is 5.87. The smallest absolute Gasteiger partial charge is 0.326 e. The van der Waals surface area contributed by atoms with Crippen LogP contribution in [0.2, 0.25) is 0 Å². The van der Waals surface area contributed by atoms with Crippen molar-refractivity contribution in [1.29, 1.82) is 0 Å². The van der Waals surface area contributed by atoms with Crippen LogP contribution in [0, 0.1) is 29.1 Å². The number of carbonyl (C=O) groups is 2. The van der Waals surface area contributed by atoms with Crippen LogP contribution in [0.5, 0.6) is 0 Å². The Bertz CT molecular complexity index is 413. The number of amides is 1. The van der Waals surface area contributed by atoms with Crippen LogP contribution in [0.3, 0.4) is 0 Å². The van der Waals surface area contributed by atoms with E-state index < -0.39 is 12.0 Å². The summed E-state index contributed by atoms with van der Waals surface area (Å²) < 4.78 is 0. The van der Waals surface area contributed by atoms with Gasteiger partial charge in [-0.3, -0.25) is 4.79 Å². The van der Waals surface area contributed by atoms with Gasteiger partial charge in [0.05, 0.1) is 0 Å². The molecule has 3 aliphatic rings. The Kier molecular flexibility index (Phi) is 2.32. The number of nitrogens with zero attached hydrogens (tertiary/aromatic N) is 1. The Morgan fingerprint density at radius 3 is 2.44 bits per heavy atom. The van der Waals surface area contributed by atoms with Crippen molar-refractivity contribution in [1.82, 2.24) is 4.90 Å². The Hall–Kier alpha value is -1.06. The van der Waals surface area contributed by atoms with Gasteiger partial charge in [0.2, 0.25) is 5.91 Å². The molecule has 1 saturated heterocycles. The molecule has 4 atom stereocenters. The zero-order valence-corrected chi connectivity index (χ0v) is 11.2. The van der Waals surface area contributed by atoms with Gasteiger partial charge in [0.25, 0.3) is 0 Å². The second-order valence-corrected chi connectivity index (χ2v) is 6.85. The first-order chi connectivity index (χ1) is 8.35. The third kappa shape index (κ3) is 1.50. The highest BCUT2D eigenvalue weighted by atomic mass is 16.4. The van der Waals surface area contributed by atoms with E-state index in [4.69, 9.17) is 0 Å². The van der Waals surface area contributed by atoms with Gasteiger partial charge in [-0.15, -0.1) is 0 Å². The normalized spacial score (nSPS) is 38.2. The molecule has 4 heteroatoms. The van der Waals surface area contributed by atoms with E-state index in [1.807, 2.05) is 6.92 Å². The summed E-state index contributed by atoms with van der Waals surface area (Å²) >= 11 is 0. The molecule has 1 aliphatic heterocycles. The highest BCUT2D eigenvalue weighted by Gasteiger charge is 2.69. The summed E-state index contributed by atoms with van der Waals surface area (Å²) in [7, 11) is 0. The molecule has 1 heterocycles. The van der Waals surface area contributed by atoms with Crippen molar-refractivity contribution in [2.45, 2.75) is 39.7 Å². The minimum Gasteiger partial charge on any atom is -0.480 e. The van der Waals surface area contributed by atoms with Crippen LogP contribution < -0.4 is 0 Å². The first-order valence-corrected chi connectivity index (χ1v) is 6.89. The molecule has 0 aromatic carbocycles. The summed E-state index contributed by atoms with van der Waals surface area (Å²) in [6, 6.07) is -0.585. The zero-order valence-electron chi connectivity index (χ0n) is 11.2. The lowest BCUT2D eigenvalue weighted by Crippen LogP contribution is -2.47. The van der Waals surface area contributed by atoms with Crippen LogP contribution >= 0.6 is 0 Å². The number of rotatable bonds is 3. The van der Waals surface area contributed by atoms with Gasteiger partial charge in [-0.2, -0.15) is 0 Å². The third-order valence-electron chi connectivity index (χ3n) is 5.46. The fraction of sp³-hybridized carbons (Fsp3) is 0.857. The molecule has 0 spiro atoms. The van der Waals surface area contributed by atoms with Gasteiger partial charge >= 0.3 is 5.97 Å². The molecule has 0 bridgehead atoms. The standard InChI is InChI=1S/C14H21NO3/c1-7(8-4-5-8)12(16)15-6-9-10(14(9,2)3)11(15)13(17)18/h7-11H,4-6H2,1-3H3,(H,17,18)/t7-,9-,10-,11-/m0/s1. The van der Waals surface area contributed by atoms with Crippen molar-refractivity contribution >= 4 is 11.9 Å². The molecule has 3 rings (SSSR count). The monoisotopic (exact) mass is 251 g/mol. The first-order valence-electron chi connectivity index (χ1n) is 6.89. The minimum absolute atomic E-state index is 0.00691. The van der Waals surface area contributed by atoms with Crippen LogP contribution in [-0.4, -0.2) is 34.5 Å². The fourth-order valence-corrected chi connectivity index (χ4v) is 3.85. The van der Waals surface area contributed by atoms with Crippen LogP contribution in [0.1, 0.15) is 33.6 Å². The van der Waals surface area contributed by atoms with E-state index >= 15 is 0 Å². The van der Waals surface area contributed by atoms with E-state index in [-0.39, 0.29) is 23.2 Å². The van der Waals surface area contributed by atoms with E-state index in [2.05, 4.69) is 13.8 Å². The first kappa shape index (κ1) is 12.0. The minimum atomic E-state index is -0.829. The van der Waals surface area contributed by atoms with Gasteiger partial charge in [-0.25, -0.2) is 4.79 Å². The quantitative estimate of drug-likeness (QED) is 0.829. The van der Waals surface area contributed by atoms with Crippen LogP contribution in [0.4, 0.5) is 0 Å². The third-order valence-corrected chi connectivity index (χ3v) is 5.46. The van der Waals surface area contributed by atoms with E-state index in [0.29, 0.717) is 18.4 Å². The predicted molar refractivity (Wildman–Crippen MR) is 65.8 cm³/mol. The summed E-state index contributed by atoms with van der Waals surface area (Å²) in [4.78, 5) is 25.5. The average molecular weight is 251 g/mol. The van der Waals surface area contributed by atoms with Crippen molar-refractivity contribution in [3.05, 3.63) is 0 Å². The summed E-state index contributed by atoms with van der Waals surface area (Å²) in [6.07, 6.45) is 2.24. The second kappa shape index (κ2) is 3.49. The number of fused-ring (bicyclic) bond motifs is 1. The molecule has 4 nitrogen and oxygen atoms in total. The fourth-order valence-electron chi connectivity index (χ4n) is 3.85. The number of piperidine rings is 1. The van der Waals surface area contributed by atoms with Gasteiger partial charge < -0.3 is 10.0 Å². The molecule has 2 aliphatic carbocycles. The van der Waals surface area contributed by atoms with Crippen LogP contribution in [0.25, 0.3) is 0 Å². The molecule has 1 N–H and O–H groups in total. The molecule has 0 unspecified atom stereocenters. The largest absolute Gasteiger partial charge is 0.480 e. The summed E-state index contributed by atoms with van der Waals surface area (Å²) in [5.74, 6) is 0.279. The number of hydrogen-bond acceptors (Lipinski definition) is 2. The number of hydrogen-bond donors (Lipinski definition) is 1. The molecule has 0 aromatic heterocycles. The molecule has 18 heavy (non-hydrogen) atoms. The van der Waals surface area contributed by atoms with Gasteiger partial charge in [0, 0.05) is 18.4 Å². The Labute approximate surface area is 107 Å². The van der Waals surface area contributed by atoms with Crippen molar-refractivity contribution in [2.75, 3.05) is 6.54 Å². The van der Waals surface area contributed by atoms with Crippen molar-refractivity contribution in [2.24, 2.45) is 29.1 Å².